The monoisotopic (exact) mass is 287 g/mol. The van der Waals surface area contributed by atoms with Gasteiger partial charge in [-0.3, -0.25) is 0 Å². The van der Waals surface area contributed by atoms with Gasteiger partial charge >= 0.3 is 0 Å². The first-order chi connectivity index (χ1) is 7.65. The first-order valence-corrected chi connectivity index (χ1v) is 6.63. The second-order valence-corrected chi connectivity index (χ2v) is 4.97. The number of rotatable bonds is 6. The van der Waals surface area contributed by atoms with Crippen molar-refractivity contribution in [1.82, 2.24) is 5.32 Å². The van der Waals surface area contributed by atoms with Crippen molar-refractivity contribution in [3.05, 3.63) is 34.1 Å². The highest BCUT2D eigenvalue weighted by Gasteiger charge is 2.05. The molecule has 1 N–H and O–H groups in total. The molecule has 0 aromatic heterocycles. The molecule has 0 fully saturated rings. The van der Waals surface area contributed by atoms with Gasteiger partial charge in [-0.1, -0.05) is 36.2 Å². The van der Waals surface area contributed by atoms with Gasteiger partial charge in [0.1, 0.15) is 5.82 Å². The molecule has 0 heterocycles. The van der Waals surface area contributed by atoms with E-state index in [0.717, 1.165) is 23.0 Å². The van der Waals surface area contributed by atoms with Crippen LogP contribution in [0.5, 0.6) is 0 Å². The quantitative estimate of drug-likeness (QED) is 0.825. The molecule has 1 aromatic carbocycles. The molecule has 0 aliphatic heterocycles. The normalized spacial score (nSPS) is 12.8. The molecule has 1 nitrogen and oxygen atoms in total. The van der Waals surface area contributed by atoms with Crippen molar-refractivity contribution in [2.45, 2.75) is 45.7 Å². The van der Waals surface area contributed by atoms with Crippen molar-refractivity contribution in [2.75, 3.05) is 0 Å². The molecule has 16 heavy (non-hydrogen) atoms. The Bertz CT molecular complexity index is 307. The van der Waals surface area contributed by atoms with Crippen LogP contribution >= 0.6 is 15.9 Å². The van der Waals surface area contributed by atoms with Gasteiger partial charge < -0.3 is 5.32 Å². The van der Waals surface area contributed by atoms with Crippen molar-refractivity contribution in [3.63, 3.8) is 0 Å². The number of benzene rings is 1. The molecule has 1 unspecified atom stereocenters. The molecule has 0 radical (unpaired) electrons. The number of nitrogens with one attached hydrogen (secondary N) is 1. The Morgan fingerprint density at radius 2 is 2.06 bits per heavy atom. The molecule has 0 bridgehead atoms. The lowest BCUT2D eigenvalue weighted by Crippen LogP contribution is -2.27. The standard InChI is InChI=1S/C13H19BrFN/c1-3-5-13(4-2)16-9-10-6-11(14)8-12(15)7-10/h6-8,13,16H,3-5,9H2,1-2H3. The number of hydrogen-bond donors (Lipinski definition) is 1. The van der Waals surface area contributed by atoms with Gasteiger partial charge in [0, 0.05) is 17.1 Å². The van der Waals surface area contributed by atoms with Crippen LogP contribution in [0.15, 0.2) is 22.7 Å². The van der Waals surface area contributed by atoms with Crippen LogP contribution in [-0.2, 0) is 6.54 Å². The molecule has 0 amide bonds. The summed E-state index contributed by atoms with van der Waals surface area (Å²) in [6, 6.07) is 5.55. The summed E-state index contributed by atoms with van der Waals surface area (Å²) in [5, 5.41) is 3.45. The highest BCUT2D eigenvalue weighted by atomic mass is 79.9. The zero-order valence-corrected chi connectivity index (χ0v) is 11.5. The van der Waals surface area contributed by atoms with E-state index in [1.807, 2.05) is 6.07 Å². The molecule has 0 saturated heterocycles. The molecule has 90 valence electrons. The van der Waals surface area contributed by atoms with Gasteiger partial charge in [-0.15, -0.1) is 0 Å². The lowest BCUT2D eigenvalue weighted by molar-refractivity contribution is 0.461. The van der Waals surface area contributed by atoms with Crippen LogP contribution in [0.1, 0.15) is 38.7 Å². The smallest absolute Gasteiger partial charge is 0.124 e. The average molecular weight is 288 g/mol. The molecule has 0 aliphatic rings. The van der Waals surface area contributed by atoms with Crippen molar-refractivity contribution < 1.29 is 4.39 Å². The van der Waals surface area contributed by atoms with E-state index in [1.54, 1.807) is 6.07 Å². The predicted molar refractivity (Wildman–Crippen MR) is 69.9 cm³/mol. The average Bonchev–Trinajstić information content (AvgIpc) is 2.23. The summed E-state index contributed by atoms with van der Waals surface area (Å²) in [6.45, 7) is 5.09. The Balaban J connectivity index is 2.52. The number of halogens is 2. The highest BCUT2D eigenvalue weighted by Crippen LogP contribution is 2.15. The minimum absolute atomic E-state index is 0.185. The second-order valence-electron chi connectivity index (χ2n) is 4.05. The van der Waals surface area contributed by atoms with Crippen LogP contribution in [0, 0.1) is 5.82 Å². The van der Waals surface area contributed by atoms with E-state index in [0.29, 0.717) is 6.04 Å². The van der Waals surface area contributed by atoms with E-state index in [2.05, 4.69) is 35.1 Å². The van der Waals surface area contributed by atoms with E-state index in [-0.39, 0.29) is 5.82 Å². The topological polar surface area (TPSA) is 12.0 Å². The van der Waals surface area contributed by atoms with Crippen LogP contribution in [-0.4, -0.2) is 6.04 Å². The van der Waals surface area contributed by atoms with E-state index in [9.17, 15) is 4.39 Å². The first kappa shape index (κ1) is 13.7. The molecule has 1 rings (SSSR count). The Morgan fingerprint density at radius 1 is 1.31 bits per heavy atom. The molecule has 0 saturated carbocycles. The largest absolute Gasteiger partial charge is 0.310 e. The van der Waals surface area contributed by atoms with Crippen molar-refractivity contribution in [2.24, 2.45) is 0 Å². The van der Waals surface area contributed by atoms with Crippen LogP contribution in [0.2, 0.25) is 0 Å². The van der Waals surface area contributed by atoms with Gasteiger partial charge in [0.15, 0.2) is 0 Å². The van der Waals surface area contributed by atoms with Crippen molar-refractivity contribution in [1.29, 1.82) is 0 Å². The maximum Gasteiger partial charge on any atom is 0.124 e. The lowest BCUT2D eigenvalue weighted by Gasteiger charge is -2.16. The summed E-state index contributed by atoms with van der Waals surface area (Å²) in [5.41, 5.74) is 0.987. The van der Waals surface area contributed by atoms with Crippen LogP contribution in [0.4, 0.5) is 4.39 Å². The van der Waals surface area contributed by atoms with Crippen LogP contribution < -0.4 is 5.32 Å². The molecule has 1 atom stereocenters. The molecular weight excluding hydrogens is 269 g/mol. The van der Waals surface area contributed by atoms with Gasteiger partial charge in [-0.25, -0.2) is 4.39 Å². The fourth-order valence-corrected chi connectivity index (χ4v) is 2.29. The van der Waals surface area contributed by atoms with Gasteiger partial charge in [0.25, 0.3) is 0 Å². The van der Waals surface area contributed by atoms with Gasteiger partial charge in [0.2, 0.25) is 0 Å². The van der Waals surface area contributed by atoms with Crippen LogP contribution in [0.25, 0.3) is 0 Å². The van der Waals surface area contributed by atoms with E-state index in [4.69, 9.17) is 0 Å². The minimum Gasteiger partial charge on any atom is -0.310 e. The molecule has 3 heteroatoms. The first-order valence-electron chi connectivity index (χ1n) is 5.84. The third kappa shape index (κ3) is 4.62. The zero-order chi connectivity index (χ0) is 12.0. The zero-order valence-electron chi connectivity index (χ0n) is 9.89. The van der Waals surface area contributed by atoms with E-state index < -0.39 is 0 Å². The predicted octanol–water partition coefficient (Wildman–Crippen LogP) is 4.26. The van der Waals surface area contributed by atoms with Crippen LogP contribution in [0.3, 0.4) is 0 Å². The molecule has 0 aliphatic carbocycles. The fourth-order valence-electron chi connectivity index (χ4n) is 1.77. The summed E-state index contributed by atoms with van der Waals surface area (Å²) in [4.78, 5) is 0. The SMILES string of the molecule is CCCC(CC)NCc1cc(F)cc(Br)c1. The Kier molecular flexibility index (Phi) is 5.99. The van der Waals surface area contributed by atoms with E-state index >= 15 is 0 Å². The number of hydrogen-bond acceptors (Lipinski definition) is 1. The summed E-state index contributed by atoms with van der Waals surface area (Å²) < 4.78 is 13.9. The maximum absolute atomic E-state index is 13.1. The second kappa shape index (κ2) is 7.02. The summed E-state index contributed by atoms with van der Waals surface area (Å²) in [6.07, 6.45) is 3.47. The van der Waals surface area contributed by atoms with Gasteiger partial charge in [0.05, 0.1) is 0 Å². The maximum atomic E-state index is 13.1. The Hall–Kier alpha value is -0.410. The third-order valence-corrected chi connectivity index (χ3v) is 3.10. The molecule has 0 spiro atoms. The summed E-state index contributed by atoms with van der Waals surface area (Å²) in [7, 11) is 0. The molecular formula is C13H19BrFN. The highest BCUT2D eigenvalue weighted by molar-refractivity contribution is 9.10. The third-order valence-electron chi connectivity index (χ3n) is 2.65. The minimum atomic E-state index is -0.185. The summed E-state index contributed by atoms with van der Waals surface area (Å²) in [5.74, 6) is -0.185. The molecule has 1 aromatic rings. The summed E-state index contributed by atoms with van der Waals surface area (Å²) >= 11 is 3.30. The van der Waals surface area contributed by atoms with Crippen molar-refractivity contribution >= 4 is 15.9 Å². The fraction of sp³-hybridized carbons (Fsp3) is 0.538. The van der Waals surface area contributed by atoms with E-state index in [1.165, 1.54) is 18.9 Å². The Morgan fingerprint density at radius 3 is 2.62 bits per heavy atom. The van der Waals surface area contributed by atoms with Gasteiger partial charge in [-0.2, -0.15) is 0 Å². The van der Waals surface area contributed by atoms with Crippen molar-refractivity contribution in [3.8, 4) is 0 Å². The lowest BCUT2D eigenvalue weighted by atomic mass is 10.1. The Labute approximate surface area is 106 Å². The van der Waals surface area contributed by atoms with Gasteiger partial charge in [-0.05, 0) is 36.6 Å².